The molecule has 1 aromatic carbocycles. The van der Waals surface area contributed by atoms with Crippen LogP contribution in [0.4, 0.5) is 5.82 Å². The first kappa shape index (κ1) is 18.5. The number of halogens is 1. The Bertz CT molecular complexity index is 972. The van der Waals surface area contributed by atoms with Gasteiger partial charge in [0.05, 0.1) is 5.02 Å². The summed E-state index contributed by atoms with van der Waals surface area (Å²) in [5.41, 5.74) is 1.60. The Hall–Kier alpha value is -2.86. The number of ether oxygens (including phenoxy) is 1. The minimum absolute atomic E-state index is 0.0907. The van der Waals surface area contributed by atoms with E-state index in [0.29, 0.717) is 22.8 Å². The lowest BCUT2D eigenvalue weighted by Gasteiger charge is -2.16. The van der Waals surface area contributed by atoms with Gasteiger partial charge in [0.15, 0.2) is 6.61 Å². The van der Waals surface area contributed by atoms with Crippen molar-refractivity contribution in [2.45, 2.75) is 19.4 Å². The SMILES string of the molecule is O=C(COc1ccc(Cl)c2cccnc12)NCc1ccc(N2CCCC2)nc1. The molecular weight excluding hydrogens is 376 g/mol. The molecule has 1 saturated heterocycles. The molecule has 6 nitrogen and oxygen atoms in total. The molecule has 3 heterocycles. The van der Waals surface area contributed by atoms with Crippen molar-refractivity contribution in [3.8, 4) is 5.75 Å². The first-order valence-electron chi connectivity index (χ1n) is 9.33. The first-order valence-corrected chi connectivity index (χ1v) is 9.71. The summed E-state index contributed by atoms with van der Waals surface area (Å²) >= 11 is 6.18. The summed E-state index contributed by atoms with van der Waals surface area (Å²) in [6, 6.07) is 11.2. The number of carbonyl (C=O) groups excluding carboxylic acids is 1. The van der Waals surface area contributed by atoms with E-state index >= 15 is 0 Å². The van der Waals surface area contributed by atoms with Crippen molar-refractivity contribution in [1.82, 2.24) is 15.3 Å². The molecule has 4 rings (SSSR count). The topological polar surface area (TPSA) is 67.3 Å². The number of anilines is 1. The van der Waals surface area contributed by atoms with E-state index < -0.39 is 0 Å². The monoisotopic (exact) mass is 396 g/mol. The van der Waals surface area contributed by atoms with E-state index in [-0.39, 0.29) is 12.5 Å². The predicted octanol–water partition coefficient (Wildman–Crippen LogP) is 3.58. The van der Waals surface area contributed by atoms with Crippen LogP contribution in [0.25, 0.3) is 10.9 Å². The zero-order valence-electron chi connectivity index (χ0n) is 15.4. The minimum atomic E-state index is -0.206. The summed E-state index contributed by atoms with van der Waals surface area (Å²) in [6.07, 6.45) is 5.92. The highest BCUT2D eigenvalue weighted by Gasteiger charge is 2.13. The Kier molecular flexibility index (Phi) is 5.58. The highest BCUT2D eigenvalue weighted by Crippen LogP contribution is 2.29. The van der Waals surface area contributed by atoms with E-state index in [1.807, 2.05) is 30.5 Å². The Balaban J connectivity index is 1.31. The molecule has 144 valence electrons. The zero-order valence-corrected chi connectivity index (χ0v) is 16.2. The van der Waals surface area contributed by atoms with Gasteiger partial charge in [-0.3, -0.25) is 9.78 Å². The van der Waals surface area contributed by atoms with Crippen molar-refractivity contribution >= 4 is 34.2 Å². The standard InChI is InChI=1S/C21H21ClN4O2/c22-17-6-7-18(21-16(17)4-3-9-23-21)28-14-20(27)25-13-15-5-8-19(24-12-15)26-10-1-2-11-26/h3-9,12H,1-2,10-11,13-14H2,(H,25,27). The van der Waals surface area contributed by atoms with Gasteiger partial charge in [0.25, 0.3) is 5.91 Å². The highest BCUT2D eigenvalue weighted by molar-refractivity contribution is 6.35. The fourth-order valence-corrected chi connectivity index (χ4v) is 3.49. The number of nitrogens with zero attached hydrogens (tertiary/aromatic N) is 3. The van der Waals surface area contributed by atoms with Gasteiger partial charge in [-0.2, -0.15) is 0 Å². The van der Waals surface area contributed by atoms with Crippen LogP contribution in [-0.2, 0) is 11.3 Å². The number of rotatable bonds is 6. The molecule has 1 aliphatic heterocycles. The number of hydrogen-bond acceptors (Lipinski definition) is 5. The van der Waals surface area contributed by atoms with Gasteiger partial charge in [-0.15, -0.1) is 0 Å². The molecule has 1 N–H and O–H groups in total. The van der Waals surface area contributed by atoms with Gasteiger partial charge in [0, 0.05) is 37.4 Å². The number of nitrogens with one attached hydrogen (secondary N) is 1. The van der Waals surface area contributed by atoms with Crippen LogP contribution in [0.5, 0.6) is 5.75 Å². The minimum Gasteiger partial charge on any atom is -0.481 e. The normalized spacial score (nSPS) is 13.7. The molecule has 28 heavy (non-hydrogen) atoms. The van der Waals surface area contributed by atoms with E-state index in [2.05, 4.69) is 20.2 Å². The lowest BCUT2D eigenvalue weighted by atomic mass is 10.2. The molecule has 7 heteroatoms. The van der Waals surface area contributed by atoms with Gasteiger partial charge >= 0.3 is 0 Å². The number of fused-ring (bicyclic) bond motifs is 1. The second-order valence-corrected chi connectivity index (χ2v) is 7.14. The van der Waals surface area contributed by atoms with Gasteiger partial charge in [-0.1, -0.05) is 17.7 Å². The summed E-state index contributed by atoms with van der Waals surface area (Å²) in [6.45, 7) is 2.45. The fourth-order valence-electron chi connectivity index (χ4n) is 3.28. The number of hydrogen-bond donors (Lipinski definition) is 1. The lowest BCUT2D eigenvalue weighted by molar-refractivity contribution is -0.123. The average Bonchev–Trinajstić information content (AvgIpc) is 3.27. The van der Waals surface area contributed by atoms with Crippen LogP contribution < -0.4 is 15.0 Å². The molecule has 1 amide bonds. The highest BCUT2D eigenvalue weighted by atomic mass is 35.5. The third-order valence-electron chi connectivity index (χ3n) is 4.77. The molecule has 0 radical (unpaired) electrons. The van der Waals surface area contributed by atoms with Crippen molar-refractivity contribution in [2.75, 3.05) is 24.6 Å². The number of amides is 1. The number of aromatic nitrogens is 2. The smallest absolute Gasteiger partial charge is 0.258 e. The molecule has 0 unspecified atom stereocenters. The van der Waals surface area contributed by atoms with Crippen molar-refractivity contribution < 1.29 is 9.53 Å². The van der Waals surface area contributed by atoms with Crippen molar-refractivity contribution in [2.24, 2.45) is 0 Å². The molecule has 0 bridgehead atoms. The summed E-state index contributed by atoms with van der Waals surface area (Å²) in [5, 5.41) is 4.25. The fraction of sp³-hybridized carbons (Fsp3) is 0.286. The quantitative estimate of drug-likeness (QED) is 0.689. The molecule has 2 aromatic heterocycles. The van der Waals surface area contributed by atoms with Crippen LogP contribution in [0.3, 0.4) is 0 Å². The molecule has 1 fully saturated rings. The van der Waals surface area contributed by atoms with Crippen LogP contribution in [0.15, 0.2) is 48.8 Å². The van der Waals surface area contributed by atoms with E-state index in [1.54, 1.807) is 18.3 Å². The third kappa shape index (κ3) is 4.17. The Morgan fingerprint density at radius 3 is 2.79 bits per heavy atom. The van der Waals surface area contributed by atoms with Crippen LogP contribution in [0.2, 0.25) is 5.02 Å². The summed E-state index contributed by atoms with van der Waals surface area (Å²) in [7, 11) is 0. The van der Waals surface area contributed by atoms with Crippen molar-refractivity contribution in [3.05, 3.63) is 59.4 Å². The third-order valence-corrected chi connectivity index (χ3v) is 5.10. The molecule has 0 spiro atoms. The Labute approximate surface area is 168 Å². The first-order chi connectivity index (χ1) is 13.7. The molecule has 1 aliphatic rings. The largest absolute Gasteiger partial charge is 0.481 e. The molecular formula is C21H21ClN4O2. The van der Waals surface area contributed by atoms with E-state index in [0.717, 1.165) is 29.9 Å². The molecule has 0 atom stereocenters. The second-order valence-electron chi connectivity index (χ2n) is 6.73. The Morgan fingerprint density at radius 1 is 1.14 bits per heavy atom. The average molecular weight is 397 g/mol. The maximum atomic E-state index is 12.2. The van der Waals surface area contributed by atoms with Crippen LogP contribution in [0, 0.1) is 0 Å². The zero-order chi connectivity index (χ0) is 19.3. The molecule has 3 aromatic rings. The number of benzene rings is 1. The van der Waals surface area contributed by atoms with Crippen molar-refractivity contribution in [1.29, 1.82) is 0 Å². The van der Waals surface area contributed by atoms with Crippen LogP contribution >= 0.6 is 11.6 Å². The summed E-state index contributed by atoms with van der Waals surface area (Å²) in [5.74, 6) is 1.33. The maximum absolute atomic E-state index is 12.2. The summed E-state index contributed by atoms with van der Waals surface area (Å²) in [4.78, 5) is 23.2. The van der Waals surface area contributed by atoms with Crippen LogP contribution in [-0.4, -0.2) is 35.6 Å². The number of pyridine rings is 2. The molecule has 0 saturated carbocycles. The van der Waals surface area contributed by atoms with Gasteiger partial charge in [0.1, 0.15) is 17.1 Å². The van der Waals surface area contributed by atoms with Gasteiger partial charge in [-0.25, -0.2) is 4.98 Å². The van der Waals surface area contributed by atoms with Crippen LogP contribution in [0.1, 0.15) is 18.4 Å². The van der Waals surface area contributed by atoms with E-state index in [4.69, 9.17) is 16.3 Å². The predicted molar refractivity (Wildman–Crippen MR) is 110 cm³/mol. The second kappa shape index (κ2) is 8.44. The maximum Gasteiger partial charge on any atom is 0.258 e. The lowest BCUT2D eigenvalue weighted by Crippen LogP contribution is -2.28. The Morgan fingerprint density at radius 2 is 2.00 bits per heavy atom. The number of carbonyl (C=O) groups is 1. The van der Waals surface area contributed by atoms with Gasteiger partial charge < -0.3 is 15.0 Å². The molecule has 0 aliphatic carbocycles. The van der Waals surface area contributed by atoms with Crippen molar-refractivity contribution in [3.63, 3.8) is 0 Å². The van der Waals surface area contributed by atoms with Gasteiger partial charge in [-0.05, 0) is 48.7 Å². The van der Waals surface area contributed by atoms with Gasteiger partial charge in [0.2, 0.25) is 0 Å². The summed E-state index contributed by atoms with van der Waals surface area (Å²) < 4.78 is 5.66. The van der Waals surface area contributed by atoms with E-state index in [9.17, 15) is 4.79 Å². The van der Waals surface area contributed by atoms with E-state index in [1.165, 1.54) is 12.8 Å².